The number of aromatic nitrogens is 4. The number of rotatable bonds is 8. The molecule has 1 aliphatic rings. The Balaban J connectivity index is 1.26. The van der Waals surface area contributed by atoms with E-state index in [-0.39, 0.29) is 11.2 Å². The summed E-state index contributed by atoms with van der Waals surface area (Å²) in [6, 6.07) is 24.6. The van der Waals surface area contributed by atoms with E-state index in [1.165, 1.54) is 17.3 Å². The molecule has 0 spiro atoms. The number of amides is 1. The van der Waals surface area contributed by atoms with Gasteiger partial charge in [-0.25, -0.2) is 0 Å². The third-order valence-electron chi connectivity index (χ3n) is 6.40. The second kappa shape index (κ2) is 11.5. The van der Waals surface area contributed by atoms with Gasteiger partial charge < -0.3 is 4.90 Å². The molecule has 1 atom stereocenters. The molecule has 0 unspecified atom stereocenters. The molecule has 5 rings (SSSR count). The lowest BCUT2D eigenvalue weighted by molar-refractivity contribution is -0.132. The Morgan fingerprint density at radius 3 is 2.08 bits per heavy atom. The number of carbonyl (C=O) groups is 1. The van der Waals surface area contributed by atoms with Crippen LogP contribution in [0.15, 0.2) is 90.3 Å². The van der Waals surface area contributed by atoms with E-state index in [2.05, 4.69) is 61.0 Å². The van der Waals surface area contributed by atoms with Crippen molar-refractivity contribution in [2.45, 2.75) is 30.4 Å². The third kappa shape index (κ3) is 5.83. The monoisotopic (exact) mass is 498 g/mol. The smallest absolute Gasteiger partial charge is 0.235 e. The lowest BCUT2D eigenvalue weighted by atomic mass is 10.2. The highest BCUT2D eigenvalue weighted by Gasteiger charge is 2.27. The van der Waals surface area contributed by atoms with Gasteiger partial charge in [-0.2, -0.15) is 0 Å². The molecular weight excluding hydrogens is 468 g/mol. The van der Waals surface area contributed by atoms with Gasteiger partial charge in [0.1, 0.15) is 0 Å². The Morgan fingerprint density at radius 2 is 1.44 bits per heavy atom. The Morgan fingerprint density at radius 1 is 0.833 bits per heavy atom. The highest BCUT2D eigenvalue weighted by atomic mass is 32.2. The Labute approximate surface area is 216 Å². The number of benzene rings is 2. The molecule has 0 bridgehead atoms. The van der Waals surface area contributed by atoms with Crippen molar-refractivity contribution in [3.05, 3.63) is 96.3 Å². The summed E-state index contributed by atoms with van der Waals surface area (Å²) >= 11 is 1.48. The molecule has 36 heavy (non-hydrogen) atoms. The minimum atomic E-state index is -0.255. The molecule has 3 heterocycles. The van der Waals surface area contributed by atoms with Gasteiger partial charge in [-0.05, 0) is 30.2 Å². The molecule has 2 aromatic heterocycles. The summed E-state index contributed by atoms with van der Waals surface area (Å²) in [7, 11) is 0. The van der Waals surface area contributed by atoms with Crippen LogP contribution in [0.5, 0.6) is 0 Å². The first-order valence-electron chi connectivity index (χ1n) is 12.3. The molecule has 4 aromatic rings. The number of hydrogen-bond donors (Lipinski definition) is 0. The summed E-state index contributed by atoms with van der Waals surface area (Å²) in [5.41, 5.74) is 3.42. The number of nitrogens with zero attached hydrogens (tertiary/aromatic N) is 6. The van der Waals surface area contributed by atoms with Crippen molar-refractivity contribution < 1.29 is 4.79 Å². The SMILES string of the molecule is C[C@H](Sc1nnc(-c2ccncc2)n1Cc1ccccc1)C(=O)N1CCN(Cc2ccccc2)CC1. The predicted octanol–water partition coefficient (Wildman–Crippen LogP) is 4.21. The van der Waals surface area contributed by atoms with Crippen molar-refractivity contribution in [3.63, 3.8) is 0 Å². The van der Waals surface area contributed by atoms with E-state index in [4.69, 9.17) is 0 Å². The Hall–Kier alpha value is -3.49. The van der Waals surface area contributed by atoms with Crippen LogP contribution in [0.2, 0.25) is 0 Å². The van der Waals surface area contributed by atoms with E-state index < -0.39 is 0 Å². The molecule has 2 aromatic carbocycles. The first kappa shape index (κ1) is 24.2. The summed E-state index contributed by atoms with van der Waals surface area (Å²) < 4.78 is 2.09. The minimum Gasteiger partial charge on any atom is -0.339 e. The number of hydrogen-bond acceptors (Lipinski definition) is 6. The molecule has 1 fully saturated rings. The quantitative estimate of drug-likeness (QED) is 0.339. The molecule has 0 N–H and O–H groups in total. The van der Waals surface area contributed by atoms with Crippen LogP contribution < -0.4 is 0 Å². The van der Waals surface area contributed by atoms with E-state index in [0.717, 1.165) is 54.8 Å². The topological polar surface area (TPSA) is 67.2 Å². The molecule has 0 radical (unpaired) electrons. The summed E-state index contributed by atoms with van der Waals surface area (Å²) in [5.74, 6) is 0.928. The van der Waals surface area contributed by atoms with Gasteiger partial charge >= 0.3 is 0 Å². The minimum absolute atomic E-state index is 0.152. The highest BCUT2D eigenvalue weighted by Crippen LogP contribution is 2.28. The lowest BCUT2D eigenvalue weighted by Crippen LogP contribution is -2.50. The van der Waals surface area contributed by atoms with E-state index in [1.54, 1.807) is 12.4 Å². The first-order chi connectivity index (χ1) is 17.7. The van der Waals surface area contributed by atoms with Crippen molar-refractivity contribution in [1.29, 1.82) is 0 Å². The van der Waals surface area contributed by atoms with Gasteiger partial charge in [0.15, 0.2) is 11.0 Å². The Bertz CT molecular complexity index is 1260. The molecule has 0 aliphatic carbocycles. The Kier molecular flexibility index (Phi) is 7.73. The summed E-state index contributed by atoms with van der Waals surface area (Å²) in [4.78, 5) is 21.9. The first-order valence-corrected chi connectivity index (χ1v) is 13.1. The van der Waals surface area contributed by atoms with E-state index in [1.807, 2.05) is 48.2 Å². The van der Waals surface area contributed by atoms with Crippen LogP contribution in [0.4, 0.5) is 0 Å². The van der Waals surface area contributed by atoms with Crippen LogP contribution in [0.1, 0.15) is 18.1 Å². The van der Waals surface area contributed by atoms with Gasteiger partial charge in [0, 0.05) is 50.7 Å². The second-order valence-corrected chi connectivity index (χ2v) is 10.3. The zero-order valence-electron chi connectivity index (χ0n) is 20.4. The number of carbonyl (C=O) groups excluding carboxylic acids is 1. The van der Waals surface area contributed by atoms with Crippen LogP contribution in [-0.2, 0) is 17.9 Å². The summed E-state index contributed by atoms with van der Waals surface area (Å²) in [5, 5.41) is 9.47. The van der Waals surface area contributed by atoms with Crippen molar-refractivity contribution in [2.24, 2.45) is 0 Å². The molecular formula is C28H30N6OS. The van der Waals surface area contributed by atoms with Crippen LogP contribution in [0.25, 0.3) is 11.4 Å². The van der Waals surface area contributed by atoms with Crippen LogP contribution in [-0.4, -0.2) is 66.9 Å². The van der Waals surface area contributed by atoms with Gasteiger partial charge in [0.05, 0.1) is 11.8 Å². The largest absolute Gasteiger partial charge is 0.339 e. The lowest BCUT2D eigenvalue weighted by Gasteiger charge is -2.35. The number of pyridine rings is 1. The van der Waals surface area contributed by atoms with Gasteiger partial charge in [0.2, 0.25) is 5.91 Å². The molecule has 0 saturated carbocycles. The fourth-order valence-electron chi connectivity index (χ4n) is 4.43. The molecule has 7 nitrogen and oxygen atoms in total. The summed E-state index contributed by atoms with van der Waals surface area (Å²) in [6.45, 7) is 6.78. The predicted molar refractivity (Wildman–Crippen MR) is 142 cm³/mol. The van der Waals surface area contributed by atoms with Crippen LogP contribution in [0, 0.1) is 0 Å². The van der Waals surface area contributed by atoms with E-state index in [0.29, 0.717) is 6.54 Å². The van der Waals surface area contributed by atoms with Crippen LogP contribution in [0.3, 0.4) is 0 Å². The molecule has 184 valence electrons. The molecule has 1 aliphatic heterocycles. The molecule has 1 amide bonds. The van der Waals surface area contributed by atoms with Crippen molar-refractivity contribution >= 4 is 17.7 Å². The highest BCUT2D eigenvalue weighted by molar-refractivity contribution is 8.00. The van der Waals surface area contributed by atoms with Crippen molar-refractivity contribution in [1.82, 2.24) is 29.5 Å². The fourth-order valence-corrected chi connectivity index (χ4v) is 5.36. The molecule has 8 heteroatoms. The maximum absolute atomic E-state index is 13.3. The van der Waals surface area contributed by atoms with Gasteiger partial charge in [-0.3, -0.25) is 19.2 Å². The third-order valence-corrected chi connectivity index (χ3v) is 7.47. The summed E-state index contributed by atoms with van der Waals surface area (Å²) in [6.07, 6.45) is 3.51. The van der Waals surface area contributed by atoms with Crippen LogP contribution >= 0.6 is 11.8 Å². The van der Waals surface area contributed by atoms with E-state index in [9.17, 15) is 4.79 Å². The maximum atomic E-state index is 13.3. The standard InChI is InChI=1S/C28H30N6OS/c1-22(27(35)33-18-16-32(17-19-33)20-23-8-4-2-5-9-23)36-28-31-30-26(25-12-14-29-15-13-25)34(28)21-24-10-6-3-7-11-24/h2-15,22H,16-21H2,1H3/t22-/m0/s1. The zero-order valence-corrected chi connectivity index (χ0v) is 21.2. The number of piperazine rings is 1. The van der Waals surface area contributed by atoms with Gasteiger partial charge in [-0.1, -0.05) is 72.4 Å². The zero-order chi connectivity index (χ0) is 24.7. The molecule has 1 saturated heterocycles. The fraction of sp³-hybridized carbons (Fsp3) is 0.286. The van der Waals surface area contributed by atoms with Gasteiger partial charge in [0.25, 0.3) is 0 Å². The van der Waals surface area contributed by atoms with E-state index >= 15 is 0 Å². The normalized spacial score (nSPS) is 15.1. The average molecular weight is 499 g/mol. The van der Waals surface area contributed by atoms with Crippen molar-refractivity contribution in [3.8, 4) is 11.4 Å². The second-order valence-electron chi connectivity index (χ2n) is 8.96. The number of thioether (sulfide) groups is 1. The van der Waals surface area contributed by atoms with Gasteiger partial charge in [-0.15, -0.1) is 10.2 Å². The maximum Gasteiger partial charge on any atom is 0.235 e. The average Bonchev–Trinajstić information content (AvgIpc) is 3.32. The van der Waals surface area contributed by atoms with Crippen molar-refractivity contribution in [2.75, 3.05) is 26.2 Å².